The molecule has 1 aromatic heterocycles. The second-order valence-electron chi connectivity index (χ2n) is 4.08. The van der Waals surface area contributed by atoms with Crippen LogP contribution in [0, 0.1) is 0 Å². The average molecular weight is 358 g/mol. The van der Waals surface area contributed by atoms with Crippen molar-refractivity contribution in [2.75, 3.05) is 11.9 Å². The minimum absolute atomic E-state index is 0.137. The number of nitrogens with one attached hydrogen (secondary N) is 1. The van der Waals surface area contributed by atoms with E-state index in [4.69, 9.17) is 16.3 Å². The number of hydrogen-bond acceptors (Lipinski definition) is 4. The van der Waals surface area contributed by atoms with Gasteiger partial charge in [-0.3, -0.25) is 0 Å². The monoisotopic (exact) mass is 356 g/mol. The van der Waals surface area contributed by atoms with Gasteiger partial charge in [-0.05, 0) is 46.6 Å². The summed E-state index contributed by atoms with van der Waals surface area (Å²) in [5.41, 5.74) is 1.72. The number of rotatable bonds is 5. The van der Waals surface area contributed by atoms with Crippen molar-refractivity contribution in [3.8, 4) is 11.5 Å². The third-order valence-corrected chi connectivity index (χ3v) is 3.35. The number of aromatic hydroxyl groups is 1. The molecule has 20 heavy (non-hydrogen) atoms. The van der Waals surface area contributed by atoms with E-state index in [1.165, 1.54) is 0 Å². The lowest BCUT2D eigenvalue weighted by molar-refractivity contribution is 0.318. The van der Waals surface area contributed by atoms with Crippen LogP contribution in [0.15, 0.2) is 34.9 Å². The van der Waals surface area contributed by atoms with Gasteiger partial charge in [0.1, 0.15) is 0 Å². The van der Waals surface area contributed by atoms with Crippen molar-refractivity contribution in [1.29, 1.82) is 0 Å². The van der Waals surface area contributed by atoms with Gasteiger partial charge in [0.15, 0.2) is 16.7 Å². The number of pyridine rings is 1. The Morgan fingerprint density at radius 3 is 2.95 bits per heavy atom. The number of phenolic OH excluding ortho intramolecular Hbond substituents is 1. The van der Waals surface area contributed by atoms with Crippen LogP contribution in [-0.2, 0) is 6.54 Å². The molecule has 0 saturated heterocycles. The number of nitrogens with zero attached hydrogens (tertiary/aromatic N) is 1. The van der Waals surface area contributed by atoms with E-state index in [2.05, 4.69) is 26.2 Å². The number of anilines is 1. The van der Waals surface area contributed by atoms with Gasteiger partial charge < -0.3 is 15.2 Å². The summed E-state index contributed by atoms with van der Waals surface area (Å²) in [4.78, 5) is 4.04. The van der Waals surface area contributed by atoms with Crippen molar-refractivity contribution < 1.29 is 9.84 Å². The van der Waals surface area contributed by atoms with E-state index in [-0.39, 0.29) is 5.75 Å². The first kappa shape index (κ1) is 14.9. The van der Waals surface area contributed by atoms with E-state index in [9.17, 15) is 5.11 Å². The molecule has 4 nitrogen and oxygen atoms in total. The minimum atomic E-state index is 0.137. The first-order chi connectivity index (χ1) is 9.60. The van der Waals surface area contributed by atoms with Crippen LogP contribution in [0.25, 0.3) is 0 Å². The maximum Gasteiger partial charge on any atom is 0.161 e. The van der Waals surface area contributed by atoms with Crippen LogP contribution >= 0.6 is 27.5 Å². The fourth-order valence-electron chi connectivity index (χ4n) is 1.68. The normalized spacial score (nSPS) is 10.3. The SMILES string of the molecule is CCOc1cc(CNc2cc(Br)cnc2Cl)ccc1O. The van der Waals surface area contributed by atoms with Crippen molar-refractivity contribution in [3.63, 3.8) is 0 Å². The smallest absolute Gasteiger partial charge is 0.161 e. The number of aromatic nitrogens is 1. The van der Waals surface area contributed by atoms with Gasteiger partial charge >= 0.3 is 0 Å². The summed E-state index contributed by atoms with van der Waals surface area (Å²) in [5.74, 6) is 0.614. The molecule has 106 valence electrons. The van der Waals surface area contributed by atoms with Crippen LogP contribution in [0.4, 0.5) is 5.69 Å². The van der Waals surface area contributed by atoms with Crippen LogP contribution in [0.3, 0.4) is 0 Å². The van der Waals surface area contributed by atoms with Gasteiger partial charge in [-0.15, -0.1) is 0 Å². The molecule has 0 fully saturated rings. The molecule has 0 radical (unpaired) electrons. The van der Waals surface area contributed by atoms with Gasteiger partial charge in [-0.2, -0.15) is 0 Å². The number of hydrogen-bond donors (Lipinski definition) is 2. The zero-order chi connectivity index (χ0) is 14.5. The van der Waals surface area contributed by atoms with E-state index in [0.717, 1.165) is 15.7 Å². The molecule has 0 saturated carbocycles. The summed E-state index contributed by atoms with van der Waals surface area (Å²) in [6, 6.07) is 7.09. The Balaban J connectivity index is 2.10. The predicted molar refractivity (Wildman–Crippen MR) is 83.5 cm³/mol. The van der Waals surface area contributed by atoms with Crippen LogP contribution in [0.2, 0.25) is 5.15 Å². The van der Waals surface area contributed by atoms with Gasteiger partial charge in [0, 0.05) is 17.2 Å². The highest BCUT2D eigenvalue weighted by Gasteiger charge is 2.05. The third kappa shape index (κ3) is 3.77. The number of phenols is 1. The van der Waals surface area contributed by atoms with Gasteiger partial charge in [0.25, 0.3) is 0 Å². The molecule has 2 rings (SSSR count). The van der Waals surface area contributed by atoms with Crippen LogP contribution in [0.5, 0.6) is 11.5 Å². The molecule has 0 spiro atoms. The van der Waals surface area contributed by atoms with Crippen LogP contribution in [-0.4, -0.2) is 16.7 Å². The quantitative estimate of drug-likeness (QED) is 0.787. The molecule has 2 N–H and O–H groups in total. The minimum Gasteiger partial charge on any atom is -0.504 e. The first-order valence-electron chi connectivity index (χ1n) is 6.09. The van der Waals surface area contributed by atoms with Crippen molar-refractivity contribution in [3.05, 3.63) is 45.7 Å². The second-order valence-corrected chi connectivity index (χ2v) is 5.35. The van der Waals surface area contributed by atoms with E-state index >= 15 is 0 Å². The number of halogens is 2. The molecule has 6 heteroatoms. The molecule has 0 amide bonds. The standard InChI is InChI=1S/C14H14BrClN2O2/c1-2-20-13-5-9(3-4-12(13)19)7-17-11-6-10(15)8-18-14(11)16/h3-6,8,17,19H,2,7H2,1H3. The van der Waals surface area contributed by atoms with E-state index in [1.807, 2.05) is 19.1 Å². The number of benzene rings is 1. The first-order valence-corrected chi connectivity index (χ1v) is 7.27. The predicted octanol–water partition coefficient (Wildman–Crippen LogP) is 4.21. The van der Waals surface area contributed by atoms with Gasteiger partial charge in [-0.25, -0.2) is 4.98 Å². The molecule has 0 atom stereocenters. The lowest BCUT2D eigenvalue weighted by atomic mass is 10.2. The van der Waals surface area contributed by atoms with Crippen molar-refractivity contribution in [2.24, 2.45) is 0 Å². The summed E-state index contributed by atoms with van der Waals surface area (Å²) >= 11 is 9.36. The maximum absolute atomic E-state index is 9.65. The highest BCUT2D eigenvalue weighted by molar-refractivity contribution is 9.10. The lowest BCUT2D eigenvalue weighted by Gasteiger charge is -2.11. The molecule has 0 unspecified atom stereocenters. The Morgan fingerprint density at radius 1 is 1.40 bits per heavy atom. The van der Waals surface area contributed by atoms with Crippen LogP contribution < -0.4 is 10.1 Å². The molecule has 0 bridgehead atoms. The zero-order valence-electron chi connectivity index (χ0n) is 10.9. The average Bonchev–Trinajstić information content (AvgIpc) is 2.43. The molecule has 0 aliphatic carbocycles. The van der Waals surface area contributed by atoms with Crippen molar-refractivity contribution in [1.82, 2.24) is 4.98 Å². The van der Waals surface area contributed by atoms with E-state index < -0.39 is 0 Å². The molecule has 0 aliphatic rings. The molecule has 1 aromatic carbocycles. The summed E-state index contributed by atoms with van der Waals surface area (Å²) in [6.45, 7) is 2.93. The highest BCUT2D eigenvalue weighted by atomic mass is 79.9. The summed E-state index contributed by atoms with van der Waals surface area (Å²) in [7, 11) is 0. The van der Waals surface area contributed by atoms with Gasteiger partial charge in [-0.1, -0.05) is 17.7 Å². The number of ether oxygens (including phenoxy) is 1. The Kier molecular flexibility index (Phi) is 5.09. The topological polar surface area (TPSA) is 54.4 Å². The Labute approximate surface area is 130 Å². The van der Waals surface area contributed by atoms with Crippen molar-refractivity contribution >= 4 is 33.2 Å². The molecule has 0 aliphatic heterocycles. The lowest BCUT2D eigenvalue weighted by Crippen LogP contribution is -2.01. The van der Waals surface area contributed by atoms with Crippen molar-refractivity contribution in [2.45, 2.75) is 13.5 Å². The Bertz CT molecular complexity index is 608. The molecule has 1 heterocycles. The van der Waals surface area contributed by atoms with Gasteiger partial charge in [0.2, 0.25) is 0 Å². The van der Waals surface area contributed by atoms with Crippen LogP contribution in [0.1, 0.15) is 12.5 Å². The second kappa shape index (κ2) is 6.81. The summed E-state index contributed by atoms with van der Waals surface area (Å²) in [6.07, 6.45) is 1.64. The van der Waals surface area contributed by atoms with E-state index in [1.54, 1.807) is 18.3 Å². The Hall–Kier alpha value is -1.46. The largest absolute Gasteiger partial charge is 0.504 e. The summed E-state index contributed by atoms with van der Waals surface area (Å²) in [5, 5.41) is 13.3. The maximum atomic E-state index is 9.65. The zero-order valence-corrected chi connectivity index (χ0v) is 13.2. The Morgan fingerprint density at radius 2 is 2.20 bits per heavy atom. The molecular formula is C14H14BrClN2O2. The molecule has 2 aromatic rings. The summed E-state index contributed by atoms with van der Waals surface area (Å²) < 4.78 is 6.20. The molecular weight excluding hydrogens is 344 g/mol. The van der Waals surface area contributed by atoms with E-state index in [0.29, 0.717) is 24.1 Å². The fourth-order valence-corrected chi connectivity index (χ4v) is 2.18. The third-order valence-electron chi connectivity index (χ3n) is 2.61. The highest BCUT2D eigenvalue weighted by Crippen LogP contribution is 2.28. The fraction of sp³-hybridized carbons (Fsp3) is 0.214. The van der Waals surface area contributed by atoms with Gasteiger partial charge in [0.05, 0.1) is 12.3 Å².